The molecule has 2 amide bonds. The second-order valence-electron chi connectivity index (χ2n) is 7.83. The number of aryl methyl sites for hydroxylation is 1. The third-order valence-corrected chi connectivity index (χ3v) is 6.11. The summed E-state index contributed by atoms with van der Waals surface area (Å²) in [5.41, 5.74) is 2.76. The smallest absolute Gasteiger partial charge is 0.251 e. The number of thioether (sulfide) groups is 1. The average Bonchev–Trinajstić information content (AvgIpc) is 3.29. The number of benzene rings is 3. The van der Waals surface area contributed by atoms with E-state index in [-0.39, 0.29) is 29.9 Å². The average molecular weight is 506 g/mol. The van der Waals surface area contributed by atoms with Crippen molar-refractivity contribution in [3.05, 3.63) is 95.6 Å². The van der Waals surface area contributed by atoms with E-state index >= 15 is 0 Å². The highest BCUT2D eigenvalue weighted by Crippen LogP contribution is 2.23. The lowest BCUT2D eigenvalue weighted by Gasteiger charge is -2.11. The molecule has 2 N–H and O–H groups in total. The molecule has 0 aliphatic rings. The Morgan fingerprint density at radius 1 is 1.03 bits per heavy atom. The monoisotopic (exact) mass is 505 g/mol. The summed E-state index contributed by atoms with van der Waals surface area (Å²) in [6.07, 6.45) is 0. The zero-order chi connectivity index (χ0) is 25.5. The lowest BCUT2D eigenvalue weighted by atomic mass is 10.1. The fourth-order valence-electron chi connectivity index (χ4n) is 3.41. The number of amides is 2. The largest absolute Gasteiger partial charge is 0.497 e. The van der Waals surface area contributed by atoms with Crippen LogP contribution >= 0.6 is 11.8 Å². The summed E-state index contributed by atoms with van der Waals surface area (Å²) in [5.74, 6) is 0.348. The highest BCUT2D eigenvalue weighted by Gasteiger charge is 2.17. The maximum atomic E-state index is 13.5. The molecule has 0 radical (unpaired) electrons. The molecule has 36 heavy (non-hydrogen) atoms. The van der Waals surface area contributed by atoms with Gasteiger partial charge in [0.2, 0.25) is 5.91 Å². The van der Waals surface area contributed by atoms with E-state index in [2.05, 4.69) is 20.8 Å². The molecule has 4 aromatic rings. The first-order chi connectivity index (χ1) is 17.4. The Bertz CT molecular complexity index is 1360. The molecule has 184 valence electrons. The molecular formula is C26H24FN5O3S. The van der Waals surface area contributed by atoms with Gasteiger partial charge in [0.1, 0.15) is 11.6 Å². The lowest BCUT2D eigenvalue weighted by Crippen LogP contribution is -2.24. The number of carbonyl (C=O) groups is 2. The number of hydrogen-bond donors (Lipinski definition) is 2. The summed E-state index contributed by atoms with van der Waals surface area (Å²) in [6, 6.07) is 20.1. The quantitative estimate of drug-likeness (QED) is 0.328. The van der Waals surface area contributed by atoms with E-state index in [1.807, 2.05) is 19.1 Å². The van der Waals surface area contributed by atoms with Crippen LogP contribution in [0, 0.1) is 12.7 Å². The fourth-order valence-corrected chi connectivity index (χ4v) is 4.18. The Hall–Kier alpha value is -4.18. The van der Waals surface area contributed by atoms with Crippen molar-refractivity contribution in [2.24, 2.45) is 0 Å². The molecule has 0 atom stereocenters. The fraction of sp³-hybridized carbons (Fsp3) is 0.154. The van der Waals surface area contributed by atoms with E-state index in [1.165, 1.54) is 23.9 Å². The van der Waals surface area contributed by atoms with E-state index in [0.717, 1.165) is 5.56 Å². The molecule has 0 aliphatic carbocycles. The zero-order valence-corrected chi connectivity index (χ0v) is 20.5. The number of rotatable bonds is 9. The van der Waals surface area contributed by atoms with Crippen LogP contribution in [0.1, 0.15) is 21.7 Å². The number of aromatic nitrogens is 3. The Labute approximate surface area is 211 Å². The number of carbonyl (C=O) groups excluding carboxylic acids is 2. The van der Waals surface area contributed by atoms with Crippen LogP contribution in [0.4, 0.5) is 10.1 Å². The normalized spacial score (nSPS) is 10.6. The standard InChI is InChI=1S/C26H24FN5O3S/c1-17-4-3-5-18(14-17)25(34)28-15-23-30-31-26(32(23)21-10-6-19(27)7-11-21)36-16-24(33)29-20-8-12-22(35-2)13-9-20/h3-14H,15-16H2,1-2H3,(H,28,34)(H,29,33). The highest BCUT2D eigenvalue weighted by atomic mass is 32.2. The maximum absolute atomic E-state index is 13.5. The topological polar surface area (TPSA) is 98.1 Å². The molecule has 0 unspecified atom stereocenters. The SMILES string of the molecule is COc1ccc(NC(=O)CSc2nnc(CNC(=O)c3cccc(C)c3)n2-c2ccc(F)cc2)cc1. The van der Waals surface area contributed by atoms with Crippen LogP contribution in [0.2, 0.25) is 0 Å². The van der Waals surface area contributed by atoms with E-state index in [4.69, 9.17) is 4.74 Å². The molecular weight excluding hydrogens is 481 g/mol. The zero-order valence-electron chi connectivity index (χ0n) is 19.7. The van der Waals surface area contributed by atoms with Crippen molar-refractivity contribution >= 4 is 29.3 Å². The summed E-state index contributed by atoms with van der Waals surface area (Å²) in [5, 5.41) is 14.5. The Morgan fingerprint density at radius 3 is 2.47 bits per heavy atom. The summed E-state index contributed by atoms with van der Waals surface area (Å²) < 4.78 is 20.4. The Kier molecular flexibility index (Phi) is 7.96. The van der Waals surface area contributed by atoms with Crippen molar-refractivity contribution in [3.8, 4) is 11.4 Å². The highest BCUT2D eigenvalue weighted by molar-refractivity contribution is 7.99. The van der Waals surface area contributed by atoms with Crippen LogP contribution in [0.3, 0.4) is 0 Å². The van der Waals surface area contributed by atoms with E-state index < -0.39 is 0 Å². The number of nitrogens with zero attached hydrogens (tertiary/aromatic N) is 3. The van der Waals surface area contributed by atoms with Gasteiger partial charge in [0.25, 0.3) is 5.91 Å². The number of halogens is 1. The summed E-state index contributed by atoms with van der Waals surface area (Å²) in [4.78, 5) is 25.1. The van der Waals surface area contributed by atoms with Crippen molar-refractivity contribution in [1.82, 2.24) is 20.1 Å². The van der Waals surface area contributed by atoms with Crippen molar-refractivity contribution in [2.75, 3.05) is 18.2 Å². The van der Waals surface area contributed by atoms with Crippen molar-refractivity contribution in [3.63, 3.8) is 0 Å². The van der Waals surface area contributed by atoms with Gasteiger partial charge in [-0.25, -0.2) is 4.39 Å². The van der Waals surface area contributed by atoms with Crippen LogP contribution in [-0.2, 0) is 11.3 Å². The minimum atomic E-state index is -0.380. The van der Waals surface area contributed by atoms with Gasteiger partial charge in [0, 0.05) is 16.9 Å². The minimum absolute atomic E-state index is 0.0704. The Morgan fingerprint density at radius 2 is 1.78 bits per heavy atom. The molecule has 0 saturated carbocycles. The van der Waals surface area contributed by atoms with Crippen molar-refractivity contribution in [2.45, 2.75) is 18.6 Å². The second kappa shape index (κ2) is 11.5. The number of ether oxygens (including phenoxy) is 1. The predicted octanol–water partition coefficient (Wildman–Crippen LogP) is 4.38. The van der Waals surface area contributed by atoms with Gasteiger partial charge >= 0.3 is 0 Å². The van der Waals surface area contributed by atoms with Gasteiger partial charge in [-0.1, -0.05) is 29.5 Å². The molecule has 1 aromatic heterocycles. The van der Waals surface area contributed by atoms with E-state index in [9.17, 15) is 14.0 Å². The molecule has 0 fully saturated rings. The lowest BCUT2D eigenvalue weighted by molar-refractivity contribution is -0.113. The molecule has 4 rings (SSSR count). The molecule has 3 aromatic carbocycles. The van der Waals surface area contributed by atoms with Crippen LogP contribution in [-0.4, -0.2) is 39.4 Å². The van der Waals surface area contributed by atoms with Gasteiger partial charge in [0.15, 0.2) is 11.0 Å². The maximum Gasteiger partial charge on any atom is 0.251 e. The van der Waals surface area contributed by atoms with Crippen LogP contribution in [0.15, 0.2) is 78.0 Å². The van der Waals surface area contributed by atoms with Gasteiger partial charge in [0.05, 0.1) is 19.4 Å². The molecule has 10 heteroatoms. The minimum Gasteiger partial charge on any atom is -0.497 e. The summed E-state index contributed by atoms with van der Waals surface area (Å²) in [7, 11) is 1.57. The first-order valence-electron chi connectivity index (χ1n) is 11.0. The first-order valence-corrected chi connectivity index (χ1v) is 12.0. The molecule has 0 bridgehead atoms. The van der Waals surface area contributed by atoms with Crippen LogP contribution in [0.25, 0.3) is 5.69 Å². The molecule has 8 nitrogen and oxygen atoms in total. The molecule has 0 spiro atoms. The van der Waals surface area contributed by atoms with Gasteiger partial charge in [-0.2, -0.15) is 0 Å². The third kappa shape index (κ3) is 6.28. The number of methoxy groups -OCH3 is 1. The summed E-state index contributed by atoms with van der Waals surface area (Å²) in [6.45, 7) is 2.01. The number of hydrogen-bond acceptors (Lipinski definition) is 6. The van der Waals surface area contributed by atoms with Crippen LogP contribution in [0.5, 0.6) is 5.75 Å². The number of anilines is 1. The van der Waals surface area contributed by atoms with Crippen molar-refractivity contribution < 1.29 is 18.7 Å². The predicted molar refractivity (Wildman–Crippen MR) is 136 cm³/mol. The van der Waals surface area contributed by atoms with Gasteiger partial charge in [-0.3, -0.25) is 14.2 Å². The second-order valence-corrected chi connectivity index (χ2v) is 8.77. The summed E-state index contributed by atoms with van der Waals surface area (Å²) >= 11 is 1.18. The molecule has 1 heterocycles. The molecule has 0 aliphatic heterocycles. The van der Waals surface area contributed by atoms with Crippen LogP contribution < -0.4 is 15.4 Å². The van der Waals surface area contributed by atoms with Gasteiger partial charge < -0.3 is 15.4 Å². The van der Waals surface area contributed by atoms with E-state index in [0.29, 0.717) is 33.7 Å². The first kappa shape index (κ1) is 24.9. The Balaban J connectivity index is 1.48. The molecule has 0 saturated heterocycles. The van der Waals surface area contributed by atoms with E-state index in [1.54, 1.807) is 60.2 Å². The number of nitrogens with one attached hydrogen (secondary N) is 2. The van der Waals surface area contributed by atoms with Crippen molar-refractivity contribution in [1.29, 1.82) is 0 Å². The third-order valence-electron chi connectivity index (χ3n) is 5.18. The van der Waals surface area contributed by atoms with Gasteiger partial charge in [-0.15, -0.1) is 10.2 Å². The van der Waals surface area contributed by atoms with Gasteiger partial charge in [-0.05, 0) is 67.6 Å².